The molecule has 1 aromatic rings. The number of nitrogens with zero attached hydrogens (tertiary/aromatic N) is 4. The second kappa shape index (κ2) is 4.56. The molecule has 4 nitrogen and oxygen atoms in total. The Balaban J connectivity index is 2.01. The number of aromatic nitrogens is 2. The molecule has 0 atom stereocenters. The second-order valence-electron chi connectivity index (χ2n) is 3.52. The zero-order valence-corrected chi connectivity index (χ0v) is 8.43. The highest BCUT2D eigenvalue weighted by Crippen LogP contribution is 2.20. The van der Waals surface area contributed by atoms with Gasteiger partial charge in [0.15, 0.2) is 0 Å². The first-order valence-electron chi connectivity index (χ1n) is 4.97. The van der Waals surface area contributed by atoms with Crippen LogP contribution >= 0.6 is 0 Å². The van der Waals surface area contributed by atoms with Crippen LogP contribution in [0.1, 0.15) is 12.8 Å². The van der Waals surface area contributed by atoms with E-state index in [1.54, 1.807) is 6.08 Å². The fraction of sp³-hybridized carbons (Fsp3) is 0.364. The third-order valence-electron chi connectivity index (χ3n) is 2.59. The molecule has 1 fully saturated rings. The summed E-state index contributed by atoms with van der Waals surface area (Å²) < 4.78 is 0. The van der Waals surface area contributed by atoms with Crippen LogP contribution in [-0.2, 0) is 0 Å². The van der Waals surface area contributed by atoms with Gasteiger partial charge in [-0.3, -0.25) is 0 Å². The van der Waals surface area contributed by atoms with Gasteiger partial charge < -0.3 is 4.90 Å². The number of piperidine rings is 1. The van der Waals surface area contributed by atoms with Crippen LogP contribution in [0.15, 0.2) is 30.4 Å². The topological polar surface area (TPSA) is 52.8 Å². The third-order valence-corrected chi connectivity index (χ3v) is 2.59. The van der Waals surface area contributed by atoms with Crippen molar-refractivity contribution in [2.75, 3.05) is 18.0 Å². The highest BCUT2D eigenvalue weighted by Gasteiger charge is 2.14. The smallest absolute Gasteiger partial charge is 0.115 e. The summed E-state index contributed by atoms with van der Waals surface area (Å²) in [4.78, 5) is 10.2. The molecule has 0 saturated carbocycles. The van der Waals surface area contributed by atoms with Gasteiger partial charge in [0.25, 0.3) is 0 Å². The van der Waals surface area contributed by atoms with Crippen LogP contribution in [0.5, 0.6) is 0 Å². The zero-order chi connectivity index (χ0) is 10.5. The first-order valence-corrected chi connectivity index (χ1v) is 4.97. The van der Waals surface area contributed by atoms with Crippen LogP contribution < -0.4 is 4.90 Å². The molecule has 2 rings (SSSR count). The Kier molecular flexibility index (Phi) is 2.93. The zero-order valence-electron chi connectivity index (χ0n) is 8.43. The van der Waals surface area contributed by atoms with E-state index in [-0.39, 0.29) is 0 Å². The van der Waals surface area contributed by atoms with Gasteiger partial charge in [0.1, 0.15) is 6.33 Å². The molecule has 15 heavy (non-hydrogen) atoms. The van der Waals surface area contributed by atoms with E-state index in [2.05, 4.69) is 20.9 Å². The van der Waals surface area contributed by atoms with Crippen molar-refractivity contribution in [3.8, 4) is 6.07 Å². The Bertz CT molecular complexity index is 381. The standard InChI is InChI=1S/C11H12N4/c12-4-1-10-2-5-15(6-3-10)11-7-13-9-14-8-11/h1,7-9H,2-3,5-6H2. The Morgan fingerprint density at radius 2 is 1.93 bits per heavy atom. The predicted octanol–water partition coefficient (Wildman–Crippen LogP) is 1.53. The molecule has 1 aliphatic rings. The Morgan fingerprint density at radius 3 is 2.53 bits per heavy atom. The van der Waals surface area contributed by atoms with Crippen molar-refractivity contribution in [1.82, 2.24) is 9.97 Å². The summed E-state index contributed by atoms with van der Waals surface area (Å²) in [6.07, 6.45) is 8.77. The number of allylic oxidation sites excluding steroid dienone is 1. The minimum absolute atomic E-state index is 0.945. The maximum atomic E-state index is 8.54. The lowest BCUT2D eigenvalue weighted by Gasteiger charge is -2.29. The highest BCUT2D eigenvalue weighted by molar-refractivity contribution is 5.43. The van der Waals surface area contributed by atoms with Crippen molar-refractivity contribution < 1.29 is 0 Å². The summed E-state index contributed by atoms with van der Waals surface area (Å²) >= 11 is 0. The molecule has 0 aromatic carbocycles. The molecule has 0 amide bonds. The van der Waals surface area contributed by atoms with Crippen LogP contribution in [0.3, 0.4) is 0 Å². The van der Waals surface area contributed by atoms with Crippen LogP contribution in [0.4, 0.5) is 5.69 Å². The van der Waals surface area contributed by atoms with Gasteiger partial charge in [0.05, 0.1) is 24.2 Å². The summed E-state index contributed by atoms with van der Waals surface area (Å²) in [5.41, 5.74) is 2.30. The summed E-state index contributed by atoms with van der Waals surface area (Å²) in [5, 5.41) is 8.54. The highest BCUT2D eigenvalue weighted by atomic mass is 15.1. The molecule has 0 unspecified atom stereocenters. The Hall–Kier alpha value is -1.89. The maximum absolute atomic E-state index is 8.54. The molecular formula is C11H12N4. The molecular weight excluding hydrogens is 188 g/mol. The minimum Gasteiger partial charge on any atom is -0.368 e. The monoisotopic (exact) mass is 200 g/mol. The number of nitriles is 1. The normalized spacial score (nSPS) is 15.9. The fourth-order valence-electron chi connectivity index (χ4n) is 1.74. The summed E-state index contributed by atoms with van der Waals surface area (Å²) in [5.74, 6) is 0. The molecule has 0 aliphatic carbocycles. The van der Waals surface area contributed by atoms with Gasteiger partial charge in [-0.05, 0) is 12.8 Å². The second-order valence-corrected chi connectivity index (χ2v) is 3.52. The number of hydrogen-bond acceptors (Lipinski definition) is 4. The van der Waals surface area contributed by atoms with E-state index < -0.39 is 0 Å². The van der Waals surface area contributed by atoms with E-state index >= 15 is 0 Å². The minimum atomic E-state index is 0.945. The molecule has 0 bridgehead atoms. The SMILES string of the molecule is N#CC=C1CCN(c2cncnc2)CC1. The molecule has 76 valence electrons. The maximum Gasteiger partial charge on any atom is 0.115 e. The first kappa shape index (κ1) is 9.66. The number of rotatable bonds is 1. The van der Waals surface area contributed by atoms with Crippen LogP contribution in [0, 0.1) is 11.3 Å². The predicted molar refractivity (Wildman–Crippen MR) is 57.2 cm³/mol. The van der Waals surface area contributed by atoms with Crippen molar-refractivity contribution in [3.63, 3.8) is 0 Å². The number of anilines is 1. The third kappa shape index (κ3) is 2.32. The van der Waals surface area contributed by atoms with Crippen molar-refractivity contribution in [2.24, 2.45) is 0 Å². The van der Waals surface area contributed by atoms with E-state index in [9.17, 15) is 0 Å². The van der Waals surface area contributed by atoms with Gasteiger partial charge in [-0.15, -0.1) is 0 Å². The lowest BCUT2D eigenvalue weighted by atomic mass is 10.0. The largest absolute Gasteiger partial charge is 0.368 e. The first-order chi connectivity index (χ1) is 7.40. The van der Waals surface area contributed by atoms with Crippen molar-refractivity contribution >= 4 is 5.69 Å². The van der Waals surface area contributed by atoms with Crippen molar-refractivity contribution in [1.29, 1.82) is 5.26 Å². The van der Waals surface area contributed by atoms with Gasteiger partial charge in [-0.2, -0.15) is 5.26 Å². The molecule has 1 aliphatic heterocycles. The van der Waals surface area contributed by atoms with Crippen molar-refractivity contribution in [2.45, 2.75) is 12.8 Å². The van der Waals surface area contributed by atoms with Crippen LogP contribution in [0.25, 0.3) is 0 Å². The molecule has 4 heteroatoms. The van der Waals surface area contributed by atoms with E-state index in [0.717, 1.165) is 31.6 Å². The van der Waals surface area contributed by atoms with Gasteiger partial charge >= 0.3 is 0 Å². The fourth-order valence-corrected chi connectivity index (χ4v) is 1.74. The van der Waals surface area contributed by atoms with E-state index in [1.165, 1.54) is 11.9 Å². The Morgan fingerprint density at radius 1 is 1.27 bits per heavy atom. The van der Waals surface area contributed by atoms with E-state index in [0.29, 0.717) is 0 Å². The van der Waals surface area contributed by atoms with Crippen LogP contribution in [-0.4, -0.2) is 23.1 Å². The lowest BCUT2D eigenvalue weighted by Crippen LogP contribution is -2.30. The number of hydrogen-bond donors (Lipinski definition) is 0. The molecule has 0 spiro atoms. The van der Waals surface area contributed by atoms with Crippen molar-refractivity contribution in [3.05, 3.63) is 30.4 Å². The summed E-state index contributed by atoms with van der Waals surface area (Å²) in [6, 6.07) is 2.09. The Labute approximate surface area is 88.9 Å². The summed E-state index contributed by atoms with van der Waals surface area (Å²) in [7, 11) is 0. The molecule has 1 aromatic heterocycles. The molecule has 0 N–H and O–H groups in total. The average Bonchev–Trinajstić information content (AvgIpc) is 2.32. The van der Waals surface area contributed by atoms with E-state index in [1.807, 2.05) is 12.4 Å². The van der Waals surface area contributed by atoms with Gasteiger partial charge in [0.2, 0.25) is 0 Å². The quantitative estimate of drug-likeness (QED) is 0.645. The molecule has 2 heterocycles. The van der Waals surface area contributed by atoms with Gasteiger partial charge in [-0.25, -0.2) is 9.97 Å². The molecule has 0 radical (unpaired) electrons. The van der Waals surface area contributed by atoms with E-state index in [4.69, 9.17) is 5.26 Å². The van der Waals surface area contributed by atoms with Crippen LogP contribution in [0.2, 0.25) is 0 Å². The lowest BCUT2D eigenvalue weighted by molar-refractivity contribution is 0.682. The summed E-state index contributed by atoms with van der Waals surface area (Å²) in [6.45, 7) is 1.89. The molecule has 1 saturated heterocycles. The average molecular weight is 200 g/mol. The van der Waals surface area contributed by atoms with Gasteiger partial charge in [0, 0.05) is 19.2 Å². The van der Waals surface area contributed by atoms with Gasteiger partial charge in [-0.1, -0.05) is 5.57 Å².